The molecule has 2 aromatic rings. The van der Waals surface area contributed by atoms with Crippen LogP contribution >= 0.6 is 0 Å². The van der Waals surface area contributed by atoms with Crippen molar-refractivity contribution >= 4 is 10.0 Å². The SMILES string of the molecule is Cc1cc(C)c(S(=O)(=O)N2CCn3c(nn(CC4CC4)c3=O)C2)cc1C. The number of nitrogens with zero attached hydrogens (tertiary/aromatic N) is 4. The van der Waals surface area contributed by atoms with E-state index < -0.39 is 10.0 Å². The van der Waals surface area contributed by atoms with Gasteiger partial charge in [-0.05, 0) is 62.3 Å². The number of hydrogen-bond acceptors (Lipinski definition) is 4. The van der Waals surface area contributed by atoms with E-state index in [1.165, 1.54) is 8.99 Å². The van der Waals surface area contributed by atoms with Gasteiger partial charge in [-0.1, -0.05) is 6.07 Å². The molecular formula is C18H24N4O3S. The summed E-state index contributed by atoms with van der Waals surface area (Å²) in [6.45, 7) is 7.14. The Morgan fingerprint density at radius 3 is 2.46 bits per heavy atom. The quantitative estimate of drug-likeness (QED) is 0.812. The number of aryl methyl sites for hydroxylation is 3. The number of aromatic nitrogens is 3. The van der Waals surface area contributed by atoms with Crippen molar-refractivity contribution in [3.05, 3.63) is 45.1 Å². The average molecular weight is 376 g/mol. The Kier molecular flexibility index (Phi) is 4.07. The molecule has 8 heteroatoms. The third kappa shape index (κ3) is 2.91. The molecule has 0 amide bonds. The zero-order valence-electron chi connectivity index (χ0n) is 15.4. The molecule has 4 rings (SSSR count). The van der Waals surface area contributed by atoms with Gasteiger partial charge in [-0.3, -0.25) is 4.57 Å². The van der Waals surface area contributed by atoms with Crippen molar-refractivity contribution in [3.8, 4) is 0 Å². The molecule has 1 saturated carbocycles. The molecule has 0 spiro atoms. The molecule has 0 N–H and O–H groups in total. The van der Waals surface area contributed by atoms with Gasteiger partial charge in [0, 0.05) is 19.6 Å². The summed E-state index contributed by atoms with van der Waals surface area (Å²) in [6.07, 6.45) is 2.28. The van der Waals surface area contributed by atoms with Gasteiger partial charge in [0.2, 0.25) is 10.0 Å². The fourth-order valence-corrected chi connectivity index (χ4v) is 5.17. The minimum absolute atomic E-state index is 0.119. The molecule has 0 radical (unpaired) electrons. The molecule has 1 aromatic heterocycles. The van der Waals surface area contributed by atoms with Gasteiger partial charge in [-0.15, -0.1) is 0 Å². The fourth-order valence-electron chi connectivity index (χ4n) is 3.50. The van der Waals surface area contributed by atoms with Crippen LogP contribution in [-0.2, 0) is 29.7 Å². The van der Waals surface area contributed by atoms with E-state index in [1.807, 2.05) is 26.8 Å². The van der Waals surface area contributed by atoms with Crippen LogP contribution in [0.15, 0.2) is 21.8 Å². The zero-order valence-corrected chi connectivity index (χ0v) is 16.2. The van der Waals surface area contributed by atoms with E-state index in [4.69, 9.17) is 0 Å². The second kappa shape index (κ2) is 6.06. The first-order chi connectivity index (χ1) is 12.3. The van der Waals surface area contributed by atoms with Crippen molar-refractivity contribution in [1.82, 2.24) is 18.7 Å². The first kappa shape index (κ1) is 17.5. The highest BCUT2D eigenvalue weighted by Crippen LogP contribution is 2.30. The molecule has 0 atom stereocenters. The normalized spacial score (nSPS) is 18.1. The lowest BCUT2D eigenvalue weighted by molar-refractivity contribution is 0.332. The van der Waals surface area contributed by atoms with Crippen LogP contribution in [0.5, 0.6) is 0 Å². The molecule has 1 aromatic carbocycles. The van der Waals surface area contributed by atoms with Crippen LogP contribution < -0.4 is 5.69 Å². The van der Waals surface area contributed by atoms with Gasteiger partial charge in [-0.25, -0.2) is 17.9 Å². The summed E-state index contributed by atoms with van der Waals surface area (Å²) in [6, 6.07) is 3.65. The van der Waals surface area contributed by atoms with Gasteiger partial charge in [0.1, 0.15) is 5.82 Å². The molecule has 0 bridgehead atoms. The molecule has 1 aliphatic carbocycles. The van der Waals surface area contributed by atoms with Crippen molar-refractivity contribution in [2.24, 2.45) is 5.92 Å². The number of sulfonamides is 1. The Balaban J connectivity index is 1.66. The topological polar surface area (TPSA) is 77.2 Å². The van der Waals surface area contributed by atoms with Crippen molar-refractivity contribution in [2.45, 2.75) is 58.1 Å². The predicted molar refractivity (Wildman–Crippen MR) is 97.5 cm³/mol. The van der Waals surface area contributed by atoms with Crippen LogP contribution in [-0.4, -0.2) is 33.6 Å². The van der Waals surface area contributed by atoms with E-state index in [1.54, 1.807) is 10.6 Å². The monoisotopic (exact) mass is 376 g/mol. The maximum atomic E-state index is 13.2. The van der Waals surface area contributed by atoms with Crippen molar-refractivity contribution < 1.29 is 8.42 Å². The highest BCUT2D eigenvalue weighted by atomic mass is 32.2. The smallest absolute Gasteiger partial charge is 0.276 e. The van der Waals surface area contributed by atoms with Crippen LogP contribution in [0.4, 0.5) is 0 Å². The lowest BCUT2D eigenvalue weighted by Crippen LogP contribution is -2.41. The largest absolute Gasteiger partial charge is 0.346 e. The Morgan fingerprint density at radius 1 is 1.08 bits per heavy atom. The molecule has 0 saturated heterocycles. The number of hydrogen-bond donors (Lipinski definition) is 0. The first-order valence-corrected chi connectivity index (χ1v) is 10.5. The van der Waals surface area contributed by atoms with E-state index >= 15 is 0 Å². The molecule has 140 valence electrons. The molecule has 1 aliphatic heterocycles. The first-order valence-electron chi connectivity index (χ1n) is 9.02. The lowest BCUT2D eigenvalue weighted by atomic mass is 10.1. The summed E-state index contributed by atoms with van der Waals surface area (Å²) in [5, 5.41) is 4.40. The van der Waals surface area contributed by atoms with Gasteiger partial charge in [-0.2, -0.15) is 9.40 Å². The van der Waals surface area contributed by atoms with Crippen molar-refractivity contribution in [3.63, 3.8) is 0 Å². The lowest BCUT2D eigenvalue weighted by Gasteiger charge is -2.27. The molecule has 1 fully saturated rings. The van der Waals surface area contributed by atoms with E-state index in [0.717, 1.165) is 29.5 Å². The molecule has 2 aliphatic rings. The van der Waals surface area contributed by atoms with Crippen LogP contribution in [0.3, 0.4) is 0 Å². The second-order valence-electron chi connectivity index (χ2n) is 7.52. The predicted octanol–water partition coefficient (Wildman–Crippen LogP) is 1.58. The van der Waals surface area contributed by atoms with E-state index in [0.29, 0.717) is 29.7 Å². The minimum atomic E-state index is -3.62. The van der Waals surface area contributed by atoms with Crippen LogP contribution in [0.2, 0.25) is 0 Å². The van der Waals surface area contributed by atoms with Gasteiger partial charge < -0.3 is 0 Å². The van der Waals surface area contributed by atoms with Crippen LogP contribution in [0.1, 0.15) is 35.4 Å². The van der Waals surface area contributed by atoms with E-state index in [9.17, 15) is 13.2 Å². The zero-order chi connectivity index (χ0) is 18.6. The third-order valence-electron chi connectivity index (χ3n) is 5.43. The van der Waals surface area contributed by atoms with Gasteiger partial charge >= 0.3 is 5.69 Å². The summed E-state index contributed by atoms with van der Waals surface area (Å²) in [7, 11) is -3.62. The summed E-state index contributed by atoms with van der Waals surface area (Å²) >= 11 is 0. The van der Waals surface area contributed by atoms with Crippen LogP contribution in [0.25, 0.3) is 0 Å². The maximum Gasteiger partial charge on any atom is 0.346 e. The maximum absolute atomic E-state index is 13.2. The number of fused-ring (bicyclic) bond motifs is 1. The summed E-state index contributed by atoms with van der Waals surface area (Å²) in [5.74, 6) is 1.08. The Hall–Kier alpha value is -1.93. The van der Waals surface area contributed by atoms with Gasteiger partial charge in [0.05, 0.1) is 11.4 Å². The molecule has 26 heavy (non-hydrogen) atoms. The minimum Gasteiger partial charge on any atom is -0.276 e. The average Bonchev–Trinajstić information content (AvgIpc) is 3.35. The Labute approximate surface area is 153 Å². The Morgan fingerprint density at radius 2 is 1.77 bits per heavy atom. The van der Waals surface area contributed by atoms with Crippen molar-refractivity contribution in [1.29, 1.82) is 0 Å². The standard InChI is InChI=1S/C18H24N4O3S/c1-12-8-14(3)16(9-13(12)2)26(24,25)20-6-7-21-17(11-20)19-22(18(21)23)10-15-4-5-15/h8-9,15H,4-7,10-11H2,1-3H3. The summed E-state index contributed by atoms with van der Waals surface area (Å²) < 4.78 is 30.9. The van der Waals surface area contributed by atoms with E-state index in [2.05, 4.69) is 5.10 Å². The summed E-state index contributed by atoms with van der Waals surface area (Å²) in [4.78, 5) is 12.8. The number of rotatable bonds is 4. The molecular weight excluding hydrogens is 352 g/mol. The van der Waals surface area contributed by atoms with E-state index in [-0.39, 0.29) is 18.8 Å². The fraction of sp³-hybridized carbons (Fsp3) is 0.556. The molecule has 0 unspecified atom stereocenters. The van der Waals surface area contributed by atoms with Crippen molar-refractivity contribution in [2.75, 3.05) is 6.54 Å². The third-order valence-corrected chi connectivity index (χ3v) is 7.41. The second-order valence-corrected chi connectivity index (χ2v) is 9.42. The highest BCUT2D eigenvalue weighted by Gasteiger charge is 2.33. The molecule has 7 nitrogen and oxygen atoms in total. The summed E-state index contributed by atoms with van der Waals surface area (Å²) in [5.41, 5.74) is 2.66. The van der Waals surface area contributed by atoms with Crippen LogP contribution in [0, 0.1) is 26.7 Å². The van der Waals surface area contributed by atoms with Gasteiger partial charge in [0.25, 0.3) is 0 Å². The highest BCUT2D eigenvalue weighted by molar-refractivity contribution is 7.89. The Bertz CT molecular complexity index is 1030. The van der Waals surface area contributed by atoms with Gasteiger partial charge in [0.15, 0.2) is 0 Å². The number of benzene rings is 1. The molecule has 2 heterocycles.